The van der Waals surface area contributed by atoms with Crippen LogP contribution in [0.2, 0.25) is 0 Å². The third-order valence-corrected chi connectivity index (χ3v) is 3.75. The average molecular weight is 387 g/mol. The van der Waals surface area contributed by atoms with E-state index in [9.17, 15) is 19.2 Å². The van der Waals surface area contributed by atoms with Crippen molar-refractivity contribution in [1.29, 1.82) is 0 Å². The zero-order valence-electron chi connectivity index (χ0n) is 17.4. The first-order valence-electron chi connectivity index (χ1n) is 9.25. The number of amides is 1. The summed E-state index contributed by atoms with van der Waals surface area (Å²) in [7, 11) is 0. The van der Waals surface area contributed by atoms with Gasteiger partial charge in [-0.15, -0.1) is 0 Å². The molecule has 2 unspecified atom stereocenters. The third kappa shape index (κ3) is 9.96. The zero-order valence-corrected chi connectivity index (χ0v) is 17.4. The predicted molar refractivity (Wildman–Crippen MR) is 99.0 cm³/mol. The van der Waals surface area contributed by atoms with Gasteiger partial charge >= 0.3 is 18.0 Å². The van der Waals surface area contributed by atoms with Gasteiger partial charge in [0.2, 0.25) is 0 Å². The van der Waals surface area contributed by atoms with Crippen molar-refractivity contribution in [3.63, 3.8) is 0 Å². The lowest BCUT2D eigenvalue weighted by molar-refractivity contribution is -0.164. The summed E-state index contributed by atoms with van der Waals surface area (Å²) in [4.78, 5) is 48.2. The molecule has 27 heavy (non-hydrogen) atoms. The fourth-order valence-corrected chi connectivity index (χ4v) is 2.51. The number of nitrogens with one attached hydrogen (secondary N) is 1. The molecule has 0 fully saturated rings. The molecule has 0 aromatic carbocycles. The van der Waals surface area contributed by atoms with Crippen molar-refractivity contribution in [2.75, 3.05) is 13.2 Å². The minimum Gasteiger partial charge on any atom is -0.465 e. The summed E-state index contributed by atoms with van der Waals surface area (Å²) in [5.41, 5.74) is -0.708. The minimum absolute atomic E-state index is 0.0676. The lowest BCUT2D eigenvalue weighted by Gasteiger charge is -2.30. The molecule has 0 aliphatic carbocycles. The largest absolute Gasteiger partial charge is 0.465 e. The number of esters is 2. The van der Waals surface area contributed by atoms with Crippen molar-refractivity contribution in [3.8, 4) is 0 Å². The Labute approximate surface area is 161 Å². The Morgan fingerprint density at radius 3 is 1.81 bits per heavy atom. The summed E-state index contributed by atoms with van der Waals surface area (Å²) in [6.07, 6.45) is -0.247. The van der Waals surface area contributed by atoms with Crippen LogP contribution in [0.1, 0.15) is 61.3 Å². The molecule has 8 nitrogen and oxygen atoms in total. The molecule has 0 aliphatic rings. The summed E-state index contributed by atoms with van der Waals surface area (Å²) in [6.45, 7) is 11.7. The molecule has 0 saturated carbocycles. The highest BCUT2D eigenvalue weighted by Crippen LogP contribution is 2.23. The fraction of sp³-hybridized carbons (Fsp3) is 0.789. The molecule has 0 saturated heterocycles. The molecule has 0 spiro atoms. The van der Waals surface area contributed by atoms with Crippen LogP contribution in [0, 0.1) is 11.8 Å². The van der Waals surface area contributed by atoms with E-state index in [0.717, 1.165) is 0 Å². The smallest absolute Gasteiger partial charge is 0.407 e. The second-order valence-corrected chi connectivity index (χ2v) is 7.33. The quantitative estimate of drug-likeness (QED) is 0.349. The summed E-state index contributed by atoms with van der Waals surface area (Å²) < 4.78 is 15.3. The summed E-state index contributed by atoms with van der Waals surface area (Å²) in [5, 5.41) is 2.67. The van der Waals surface area contributed by atoms with Gasteiger partial charge in [0, 0.05) is 18.4 Å². The number of Topliss-reactive ketones (excluding diaryl/α,β-unsaturated/α-hetero) is 1. The highest BCUT2D eigenvalue weighted by atomic mass is 16.6. The molecule has 0 heterocycles. The number of alkyl carbamates (subject to hydrolysis) is 1. The lowest BCUT2D eigenvalue weighted by atomic mass is 9.85. The maximum atomic E-state index is 12.3. The maximum absolute atomic E-state index is 12.3. The maximum Gasteiger partial charge on any atom is 0.407 e. The van der Waals surface area contributed by atoms with E-state index in [2.05, 4.69) is 5.32 Å². The monoisotopic (exact) mass is 387 g/mol. The Bertz CT molecular complexity index is 507. The first-order chi connectivity index (χ1) is 12.4. The van der Waals surface area contributed by atoms with Crippen molar-refractivity contribution in [2.45, 2.75) is 73.0 Å². The van der Waals surface area contributed by atoms with Gasteiger partial charge in [0.1, 0.15) is 11.4 Å². The minimum atomic E-state index is -1.21. The van der Waals surface area contributed by atoms with Crippen molar-refractivity contribution in [3.05, 3.63) is 0 Å². The van der Waals surface area contributed by atoms with Crippen LogP contribution in [0.3, 0.4) is 0 Å². The van der Waals surface area contributed by atoms with Crippen LogP contribution in [0.4, 0.5) is 4.79 Å². The van der Waals surface area contributed by atoms with E-state index in [1.807, 2.05) is 0 Å². The third-order valence-electron chi connectivity index (χ3n) is 3.75. The molecule has 0 aliphatic heterocycles. The van der Waals surface area contributed by atoms with Crippen molar-refractivity contribution >= 4 is 23.8 Å². The number of hydrogen-bond acceptors (Lipinski definition) is 7. The molecular formula is C19H33NO7. The van der Waals surface area contributed by atoms with Gasteiger partial charge in [-0.25, -0.2) is 4.79 Å². The Morgan fingerprint density at radius 1 is 0.963 bits per heavy atom. The van der Waals surface area contributed by atoms with Gasteiger partial charge in [-0.1, -0.05) is 6.92 Å². The van der Waals surface area contributed by atoms with Gasteiger partial charge in [0.15, 0.2) is 5.92 Å². The van der Waals surface area contributed by atoms with Crippen LogP contribution in [0.5, 0.6) is 0 Å². The molecular weight excluding hydrogens is 354 g/mol. The van der Waals surface area contributed by atoms with E-state index in [0.29, 0.717) is 0 Å². The molecule has 156 valence electrons. The van der Waals surface area contributed by atoms with E-state index < -0.39 is 41.5 Å². The number of rotatable bonds is 10. The second kappa shape index (κ2) is 11.6. The fourth-order valence-electron chi connectivity index (χ4n) is 2.51. The Morgan fingerprint density at radius 2 is 1.44 bits per heavy atom. The summed E-state index contributed by atoms with van der Waals surface area (Å²) in [6, 6.07) is -0.650. The van der Waals surface area contributed by atoms with Crippen LogP contribution in [0.25, 0.3) is 0 Å². The molecule has 0 rings (SSSR count). The van der Waals surface area contributed by atoms with Gasteiger partial charge in [0.25, 0.3) is 0 Å². The highest BCUT2D eigenvalue weighted by Gasteiger charge is 2.40. The molecule has 0 radical (unpaired) electrons. The first-order valence-corrected chi connectivity index (χ1v) is 9.25. The number of ketones is 1. The summed E-state index contributed by atoms with van der Waals surface area (Å²) in [5.74, 6) is -3.38. The van der Waals surface area contributed by atoms with Crippen LogP contribution < -0.4 is 5.32 Å². The van der Waals surface area contributed by atoms with Gasteiger partial charge in [0.05, 0.1) is 13.2 Å². The standard InChI is InChI=1S/C19H33NO7/c1-8-25-16(22)15(17(23)26-9-2)13(4)14(11-10-12(3)21)20-18(24)27-19(5,6)7/h13-15H,8-11H2,1-7H3,(H,20,24). The SMILES string of the molecule is CCOC(=O)C(C(=O)OCC)C(C)C(CCC(C)=O)NC(=O)OC(C)(C)C. The number of carbonyl (C=O) groups is 4. The van der Waals surface area contributed by atoms with Gasteiger partial charge < -0.3 is 24.3 Å². The van der Waals surface area contributed by atoms with Gasteiger partial charge in [-0.05, 0) is 48.0 Å². The molecule has 2 atom stereocenters. The summed E-state index contributed by atoms with van der Waals surface area (Å²) >= 11 is 0. The molecule has 8 heteroatoms. The molecule has 1 N–H and O–H groups in total. The lowest BCUT2D eigenvalue weighted by Crippen LogP contribution is -2.48. The van der Waals surface area contributed by atoms with E-state index in [1.165, 1.54) is 6.92 Å². The van der Waals surface area contributed by atoms with Crippen molar-refractivity contribution in [1.82, 2.24) is 5.32 Å². The Balaban J connectivity index is 5.51. The van der Waals surface area contributed by atoms with Crippen molar-refractivity contribution in [2.24, 2.45) is 11.8 Å². The topological polar surface area (TPSA) is 108 Å². The second-order valence-electron chi connectivity index (χ2n) is 7.33. The van der Waals surface area contributed by atoms with Crippen LogP contribution in [0.15, 0.2) is 0 Å². The average Bonchev–Trinajstić information content (AvgIpc) is 2.50. The highest BCUT2D eigenvalue weighted by molar-refractivity contribution is 5.95. The number of ether oxygens (including phenoxy) is 3. The van der Waals surface area contributed by atoms with E-state index in [-0.39, 0.29) is 31.8 Å². The molecule has 1 amide bonds. The van der Waals surface area contributed by atoms with E-state index >= 15 is 0 Å². The molecule has 0 bridgehead atoms. The predicted octanol–water partition coefficient (Wildman–Crippen LogP) is 2.63. The van der Waals surface area contributed by atoms with Crippen molar-refractivity contribution < 1.29 is 33.4 Å². The van der Waals surface area contributed by atoms with Crippen LogP contribution in [-0.2, 0) is 28.6 Å². The zero-order chi connectivity index (χ0) is 21.2. The van der Waals surface area contributed by atoms with Crippen LogP contribution in [-0.4, -0.2) is 48.7 Å². The Kier molecular flexibility index (Phi) is 10.7. The Hall–Kier alpha value is -2.12. The van der Waals surface area contributed by atoms with Gasteiger partial charge in [-0.2, -0.15) is 0 Å². The van der Waals surface area contributed by atoms with Crippen LogP contribution >= 0.6 is 0 Å². The first kappa shape index (κ1) is 24.9. The molecule has 0 aromatic heterocycles. The molecule has 0 aromatic rings. The number of carbonyl (C=O) groups excluding carboxylic acids is 4. The van der Waals surface area contributed by atoms with E-state index in [1.54, 1.807) is 41.5 Å². The van der Waals surface area contributed by atoms with E-state index in [4.69, 9.17) is 14.2 Å². The number of hydrogen-bond donors (Lipinski definition) is 1. The normalized spacial score (nSPS) is 13.5. The van der Waals surface area contributed by atoms with Gasteiger partial charge in [-0.3, -0.25) is 9.59 Å².